The van der Waals surface area contributed by atoms with E-state index in [-0.39, 0.29) is 0 Å². The quantitative estimate of drug-likeness (QED) is 0.769. The van der Waals surface area contributed by atoms with Crippen molar-refractivity contribution < 1.29 is 13.2 Å². The molecule has 1 aliphatic carbocycles. The van der Waals surface area contributed by atoms with E-state index >= 15 is 0 Å². The maximum atomic E-state index is 12.5. The molecule has 0 radical (unpaired) electrons. The van der Waals surface area contributed by atoms with Crippen molar-refractivity contribution in [1.82, 2.24) is 4.98 Å². The highest BCUT2D eigenvalue weighted by Gasteiger charge is 2.46. The van der Waals surface area contributed by atoms with Crippen LogP contribution in [0.25, 0.3) is 0 Å². The fourth-order valence-electron chi connectivity index (χ4n) is 2.50. The lowest BCUT2D eigenvalue weighted by molar-refractivity contribution is -0.140. The number of aromatic nitrogens is 1. The lowest BCUT2D eigenvalue weighted by Crippen LogP contribution is -2.36. The molecule has 1 saturated carbocycles. The van der Waals surface area contributed by atoms with Crippen LogP contribution in [0, 0.1) is 5.41 Å². The van der Waals surface area contributed by atoms with Gasteiger partial charge < -0.3 is 4.90 Å². The van der Waals surface area contributed by atoms with E-state index in [1.807, 2.05) is 4.90 Å². The minimum atomic E-state index is -4.32. The van der Waals surface area contributed by atoms with Gasteiger partial charge in [-0.15, -0.1) is 11.3 Å². The van der Waals surface area contributed by atoms with Crippen molar-refractivity contribution in [3.05, 3.63) is 11.1 Å². The molecule has 1 saturated heterocycles. The Bertz CT molecular complexity index is 423. The van der Waals surface area contributed by atoms with Crippen molar-refractivity contribution in [2.75, 3.05) is 18.0 Å². The van der Waals surface area contributed by atoms with Gasteiger partial charge in [0.05, 0.1) is 0 Å². The molecule has 94 valence electrons. The Kier molecular flexibility index (Phi) is 2.40. The highest BCUT2D eigenvalue weighted by atomic mass is 32.1. The van der Waals surface area contributed by atoms with E-state index in [2.05, 4.69) is 4.98 Å². The van der Waals surface area contributed by atoms with Crippen LogP contribution in [0.2, 0.25) is 0 Å². The Hall–Kier alpha value is -0.780. The molecule has 0 atom stereocenters. The minimum absolute atomic E-state index is 0.405. The molecular formula is C11H13F3N2S. The van der Waals surface area contributed by atoms with Gasteiger partial charge >= 0.3 is 6.18 Å². The van der Waals surface area contributed by atoms with Crippen LogP contribution in [-0.2, 0) is 6.18 Å². The lowest BCUT2D eigenvalue weighted by Gasteiger charge is -2.32. The molecule has 1 aromatic heterocycles. The number of rotatable bonds is 1. The second-order valence-electron chi connectivity index (χ2n) is 5.04. The van der Waals surface area contributed by atoms with Crippen molar-refractivity contribution in [1.29, 1.82) is 0 Å². The summed E-state index contributed by atoms with van der Waals surface area (Å²) in [4.78, 5) is 5.74. The van der Waals surface area contributed by atoms with Gasteiger partial charge in [-0.3, -0.25) is 0 Å². The van der Waals surface area contributed by atoms with Gasteiger partial charge in [0, 0.05) is 18.5 Å². The number of hydrogen-bond donors (Lipinski definition) is 0. The number of hydrogen-bond acceptors (Lipinski definition) is 3. The third-order valence-corrected chi connectivity index (χ3v) is 4.57. The molecule has 6 heteroatoms. The van der Waals surface area contributed by atoms with Gasteiger partial charge in [-0.2, -0.15) is 13.2 Å². The van der Waals surface area contributed by atoms with E-state index in [1.54, 1.807) is 0 Å². The average Bonchev–Trinajstić information content (AvgIpc) is 2.83. The molecule has 2 fully saturated rings. The van der Waals surface area contributed by atoms with Gasteiger partial charge in [-0.1, -0.05) is 0 Å². The fourth-order valence-corrected chi connectivity index (χ4v) is 3.36. The molecule has 0 N–H and O–H groups in total. The summed E-state index contributed by atoms with van der Waals surface area (Å²) in [6, 6.07) is 0. The van der Waals surface area contributed by atoms with Crippen LogP contribution >= 0.6 is 11.3 Å². The smallest absolute Gasteiger partial charge is 0.348 e. The first-order valence-electron chi connectivity index (χ1n) is 5.76. The van der Waals surface area contributed by atoms with Gasteiger partial charge in [0.15, 0.2) is 10.8 Å². The van der Waals surface area contributed by atoms with Crippen LogP contribution < -0.4 is 4.90 Å². The zero-order valence-corrected chi connectivity index (χ0v) is 10.1. The first kappa shape index (κ1) is 11.3. The molecule has 0 amide bonds. The Morgan fingerprint density at radius 3 is 2.65 bits per heavy atom. The standard InChI is InChI=1S/C11H13F3N2S/c12-11(13,14)8-6-17-9(15-8)16-5-1-2-10(7-16)3-4-10/h6H,1-5,7H2. The van der Waals surface area contributed by atoms with Crippen molar-refractivity contribution in [2.45, 2.75) is 31.9 Å². The maximum Gasteiger partial charge on any atom is 0.434 e. The molecular weight excluding hydrogens is 249 g/mol. The molecule has 1 spiro atoms. The van der Waals surface area contributed by atoms with Gasteiger partial charge in [-0.05, 0) is 31.1 Å². The summed E-state index contributed by atoms with van der Waals surface area (Å²) in [5.41, 5.74) is -0.351. The van der Waals surface area contributed by atoms with Crippen molar-refractivity contribution in [2.24, 2.45) is 5.41 Å². The number of piperidine rings is 1. The van der Waals surface area contributed by atoms with Crippen molar-refractivity contribution >= 4 is 16.5 Å². The third kappa shape index (κ3) is 2.14. The molecule has 0 unspecified atom stereocenters. The van der Waals surface area contributed by atoms with Crippen LogP contribution in [0.15, 0.2) is 5.38 Å². The Morgan fingerprint density at radius 1 is 1.29 bits per heavy atom. The number of anilines is 1. The number of halogens is 3. The number of nitrogens with zero attached hydrogens (tertiary/aromatic N) is 2. The topological polar surface area (TPSA) is 16.1 Å². The third-order valence-electron chi connectivity index (χ3n) is 3.67. The van der Waals surface area contributed by atoms with E-state index < -0.39 is 11.9 Å². The second-order valence-corrected chi connectivity index (χ2v) is 5.87. The van der Waals surface area contributed by atoms with Crippen LogP contribution in [0.4, 0.5) is 18.3 Å². The van der Waals surface area contributed by atoms with Gasteiger partial charge in [-0.25, -0.2) is 4.98 Å². The summed E-state index contributed by atoms with van der Waals surface area (Å²) in [6.07, 6.45) is 0.422. The monoisotopic (exact) mass is 262 g/mol. The van der Waals surface area contributed by atoms with Crippen LogP contribution in [0.5, 0.6) is 0 Å². The summed E-state index contributed by atoms with van der Waals surface area (Å²) >= 11 is 1.11. The van der Waals surface area contributed by atoms with E-state index in [4.69, 9.17) is 0 Å². The predicted octanol–water partition coefficient (Wildman–Crippen LogP) is 3.54. The largest absolute Gasteiger partial charge is 0.434 e. The maximum absolute atomic E-state index is 12.5. The zero-order chi connectivity index (χ0) is 12.1. The summed E-state index contributed by atoms with van der Waals surface area (Å²) < 4.78 is 37.4. The van der Waals surface area contributed by atoms with Crippen molar-refractivity contribution in [3.63, 3.8) is 0 Å². The highest BCUT2D eigenvalue weighted by molar-refractivity contribution is 7.13. The lowest BCUT2D eigenvalue weighted by atomic mass is 9.95. The van der Waals surface area contributed by atoms with Crippen LogP contribution in [-0.4, -0.2) is 18.1 Å². The predicted molar refractivity (Wildman–Crippen MR) is 60.2 cm³/mol. The second kappa shape index (κ2) is 3.60. The molecule has 0 bridgehead atoms. The highest BCUT2D eigenvalue weighted by Crippen LogP contribution is 2.52. The number of alkyl halides is 3. The van der Waals surface area contributed by atoms with E-state index in [0.717, 1.165) is 36.2 Å². The molecule has 3 rings (SSSR count). The Labute approximate surface area is 101 Å². The van der Waals surface area contributed by atoms with E-state index in [9.17, 15) is 13.2 Å². The van der Waals surface area contributed by atoms with E-state index in [0.29, 0.717) is 10.5 Å². The first-order chi connectivity index (χ1) is 7.99. The molecule has 17 heavy (non-hydrogen) atoms. The summed E-state index contributed by atoms with van der Waals surface area (Å²) in [6.45, 7) is 1.73. The van der Waals surface area contributed by atoms with Crippen molar-refractivity contribution in [3.8, 4) is 0 Å². The normalized spacial score (nSPS) is 23.1. The number of thiazole rings is 1. The molecule has 0 aromatic carbocycles. The minimum Gasteiger partial charge on any atom is -0.348 e. The zero-order valence-electron chi connectivity index (χ0n) is 9.26. The van der Waals surface area contributed by atoms with Crippen LogP contribution in [0.3, 0.4) is 0 Å². The summed E-state index contributed by atoms with van der Waals surface area (Å²) in [5, 5.41) is 1.65. The molecule has 1 aromatic rings. The van der Waals surface area contributed by atoms with E-state index in [1.165, 1.54) is 19.3 Å². The molecule has 2 heterocycles. The SMILES string of the molecule is FC(F)(F)c1csc(N2CCCC3(CC3)C2)n1. The first-order valence-corrected chi connectivity index (χ1v) is 6.64. The summed E-state index contributed by atoms with van der Waals surface area (Å²) in [5.74, 6) is 0. The van der Waals surface area contributed by atoms with Gasteiger partial charge in [0.2, 0.25) is 0 Å². The fraction of sp³-hybridized carbons (Fsp3) is 0.727. The Morgan fingerprint density at radius 2 is 2.06 bits per heavy atom. The summed E-state index contributed by atoms with van der Waals surface area (Å²) in [7, 11) is 0. The molecule has 2 nitrogen and oxygen atoms in total. The van der Waals surface area contributed by atoms with Gasteiger partial charge in [0.25, 0.3) is 0 Å². The average molecular weight is 262 g/mol. The Balaban J connectivity index is 1.77. The van der Waals surface area contributed by atoms with Crippen LogP contribution in [0.1, 0.15) is 31.4 Å². The molecule has 1 aliphatic heterocycles. The van der Waals surface area contributed by atoms with Gasteiger partial charge in [0.1, 0.15) is 0 Å². The molecule has 2 aliphatic rings.